The van der Waals surface area contributed by atoms with Crippen molar-refractivity contribution >= 4 is 5.82 Å². The van der Waals surface area contributed by atoms with Crippen LogP contribution in [0.1, 0.15) is 13.8 Å². The largest absolute Gasteiger partial charge is 0.380 e. The fourth-order valence-corrected chi connectivity index (χ4v) is 1.66. The molecule has 0 bridgehead atoms. The van der Waals surface area contributed by atoms with Crippen LogP contribution < -0.4 is 5.73 Å². The second-order valence-corrected chi connectivity index (χ2v) is 4.54. The van der Waals surface area contributed by atoms with Gasteiger partial charge in [-0.15, -0.1) is 5.10 Å². The Morgan fingerprint density at radius 2 is 2.18 bits per heavy atom. The van der Waals surface area contributed by atoms with Crippen LogP contribution in [0.5, 0.6) is 0 Å². The Bertz CT molecular complexity index is 521. The SMILES string of the molecule is Cn1nccc1-c1c(N)nnn1CC(C)(C)F. The van der Waals surface area contributed by atoms with E-state index in [0.717, 1.165) is 5.69 Å². The predicted molar refractivity (Wildman–Crippen MR) is 61.8 cm³/mol. The normalized spacial score (nSPS) is 12.0. The predicted octanol–water partition coefficient (Wildman–Crippen LogP) is 1.01. The number of rotatable bonds is 3. The van der Waals surface area contributed by atoms with E-state index in [0.29, 0.717) is 5.69 Å². The van der Waals surface area contributed by atoms with Crippen molar-refractivity contribution < 1.29 is 4.39 Å². The van der Waals surface area contributed by atoms with Gasteiger partial charge in [0.15, 0.2) is 5.82 Å². The van der Waals surface area contributed by atoms with Gasteiger partial charge in [0.25, 0.3) is 0 Å². The molecule has 2 rings (SSSR count). The molecule has 0 saturated carbocycles. The number of aromatic nitrogens is 5. The summed E-state index contributed by atoms with van der Waals surface area (Å²) < 4.78 is 16.8. The van der Waals surface area contributed by atoms with Crippen molar-refractivity contribution in [1.82, 2.24) is 24.8 Å². The van der Waals surface area contributed by atoms with Gasteiger partial charge in [-0.1, -0.05) is 5.21 Å². The first-order chi connectivity index (χ1) is 7.88. The van der Waals surface area contributed by atoms with E-state index in [9.17, 15) is 4.39 Å². The maximum absolute atomic E-state index is 13.7. The lowest BCUT2D eigenvalue weighted by Crippen LogP contribution is -2.22. The molecule has 0 amide bonds. The number of nitrogens with two attached hydrogens (primary N) is 1. The highest BCUT2D eigenvalue weighted by molar-refractivity contribution is 5.66. The molecule has 6 nitrogen and oxygen atoms in total. The van der Waals surface area contributed by atoms with Gasteiger partial charge in [0.1, 0.15) is 11.4 Å². The van der Waals surface area contributed by atoms with Crippen LogP contribution in [0.25, 0.3) is 11.4 Å². The summed E-state index contributed by atoms with van der Waals surface area (Å²) >= 11 is 0. The Kier molecular flexibility index (Phi) is 2.60. The minimum absolute atomic E-state index is 0.0950. The Labute approximate surface area is 98.2 Å². The van der Waals surface area contributed by atoms with Crippen LogP contribution in [0, 0.1) is 0 Å². The van der Waals surface area contributed by atoms with E-state index in [1.165, 1.54) is 18.5 Å². The number of hydrogen-bond acceptors (Lipinski definition) is 4. The lowest BCUT2D eigenvalue weighted by Gasteiger charge is -2.15. The molecular weight excluding hydrogens is 223 g/mol. The van der Waals surface area contributed by atoms with Crippen LogP contribution in [-0.4, -0.2) is 30.4 Å². The van der Waals surface area contributed by atoms with Crippen molar-refractivity contribution in [3.8, 4) is 11.4 Å². The number of halogens is 1. The average molecular weight is 238 g/mol. The molecule has 0 unspecified atom stereocenters. The van der Waals surface area contributed by atoms with Crippen LogP contribution in [-0.2, 0) is 13.6 Å². The third-order valence-electron chi connectivity index (χ3n) is 2.35. The second-order valence-electron chi connectivity index (χ2n) is 4.54. The highest BCUT2D eigenvalue weighted by Gasteiger charge is 2.22. The van der Waals surface area contributed by atoms with Crippen molar-refractivity contribution in [3.05, 3.63) is 12.3 Å². The van der Waals surface area contributed by atoms with E-state index < -0.39 is 5.67 Å². The summed E-state index contributed by atoms with van der Waals surface area (Å²) in [5.74, 6) is 0.276. The second kappa shape index (κ2) is 3.83. The summed E-state index contributed by atoms with van der Waals surface area (Å²) in [5.41, 5.74) is 5.73. The molecule has 0 aliphatic heterocycles. The number of aryl methyl sites for hydroxylation is 1. The molecule has 92 valence electrons. The molecule has 0 saturated heterocycles. The number of alkyl halides is 1. The summed E-state index contributed by atoms with van der Waals surface area (Å²) in [6.45, 7) is 3.06. The summed E-state index contributed by atoms with van der Waals surface area (Å²) in [6, 6.07) is 1.79. The van der Waals surface area contributed by atoms with Crippen molar-refractivity contribution in [2.75, 3.05) is 5.73 Å². The Hall–Kier alpha value is -1.92. The minimum Gasteiger partial charge on any atom is -0.380 e. The Balaban J connectivity index is 2.47. The minimum atomic E-state index is -1.38. The van der Waals surface area contributed by atoms with Crippen molar-refractivity contribution in [2.24, 2.45) is 7.05 Å². The Morgan fingerprint density at radius 3 is 2.71 bits per heavy atom. The van der Waals surface area contributed by atoms with Crippen LogP contribution >= 0.6 is 0 Å². The highest BCUT2D eigenvalue weighted by Crippen LogP contribution is 2.25. The van der Waals surface area contributed by atoms with Gasteiger partial charge in [-0.25, -0.2) is 9.07 Å². The molecule has 2 heterocycles. The first-order valence-corrected chi connectivity index (χ1v) is 5.25. The molecule has 0 aliphatic carbocycles. The van der Waals surface area contributed by atoms with Gasteiger partial charge in [-0.05, 0) is 19.9 Å². The lowest BCUT2D eigenvalue weighted by atomic mass is 10.1. The zero-order chi connectivity index (χ0) is 12.6. The smallest absolute Gasteiger partial charge is 0.175 e. The van der Waals surface area contributed by atoms with Gasteiger partial charge < -0.3 is 5.73 Å². The van der Waals surface area contributed by atoms with Crippen molar-refractivity contribution in [1.29, 1.82) is 0 Å². The van der Waals surface area contributed by atoms with Crippen molar-refractivity contribution in [2.45, 2.75) is 26.1 Å². The quantitative estimate of drug-likeness (QED) is 0.866. The van der Waals surface area contributed by atoms with E-state index in [4.69, 9.17) is 5.73 Å². The van der Waals surface area contributed by atoms with E-state index in [1.54, 1.807) is 24.0 Å². The van der Waals surface area contributed by atoms with Crippen LogP contribution in [0.4, 0.5) is 10.2 Å². The molecule has 0 spiro atoms. The fourth-order valence-electron chi connectivity index (χ4n) is 1.66. The first-order valence-electron chi connectivity index (χ1n) is 5.25. The molecule has 0 aromatic carbocycles. The van der Waals surface area contributed by atoms with Gasteiger partial charge in [0.05, 0.1) is 12.2 Å². The van der Waals surface area contributed by atoms with Gasteiger partial charge in [0, 0.05) is 13.2 Å². The lowest BCUT2D eigenvalue weighted by molar-refractivity contribution is 0.179. The number of nitrogens with zero attached hydrogens (tertiary/aromatic N) is 5. The third kappa shape index (κ3) is 2.27. The van der Waals surface area contributed by atoms with Gasteiger partial charge in [0.2, 0.25) is 0 Å². The Morgan fingerprint density at radius 1 is 1.47 bits per heavy atom. The zero-order valence-electron chi connectivity index (χ0n) is 10.1. The molecule has 0 atom stereocenters. The molecule has 0 fully saturated rings. The van der Waals surface area contributed by atoms with E-state index in [1.807, 2.05) is 0 Å². The molecule has 17 heavy (non-hydrogen) atoms. The molecule has 0 radical (unpaired) electrons. The van der Waals surface area contributed by atoms with Gasteiger partial charge in [-0.3, -0.25) is 4.68 Å². The topological polar surface area (TPSA) is 74.6 Å². The van der Waals surface area contributed by atoms with Gasteiger partial charge in [-0.2, -0.15) is 5.10 Å². The van der Waals surface area contributed by atoms with Crippen LogP contribution in [0.3, 0.4) is 0 Å². The first kappa shape index (κ1) is 11.6. The number of anilines is 1. The average Bonchev–Trinajstić information content (AvgIpc) is 2.72. The maximum Gasteiger partial charge on any atom is 0.175 e. The maximum atomic E-state index is 13.7. The van der Waals surface area contributed by atoms with Crippen LogP contribution in [0.2, 0.25) is 0 Å². The molecule has 2 aromatic heterocycles. The number of nitrogen functional groups attached to an aromatic ring is 1. The van der Waals surface area contributed by atoms with Gasteiger partial charge >= 0.3 is 0 Å². The van der Waals surface area contributed by atoms with E-state index in [2.05, 4.69) is 15.4 Å². The standard InChI is InChI=1S/C10H15FN6/c1-10(2,11)6-17-8(9(12)14-15-17)7-4-5-13-16(7)3/h4-5H,6,12H2,1-3H3. The fraction of sp³-hybridized carbons (Fsp3) is 0.500. The summed E-state index contributed by atoms with van der Waals surface area (Å²) in [4.78, 5) is 0. The van der Waals surface area contributed by atoms with E-state index in [-0.39, 0.29) is 12.4 Å². The summed E-state index contributed by atoms with van der Waals surface area (Å²) in [5, 5.41) is 11.7. The number of hydrogen-bond donors (Lipinski definition) is 1. The third-order valence-corrected chi connectivity index (χ3v) is 2.35. The van der Waals surface area contributed by atoms with Crippen molar-refractivity contribution in [3.63, 3.8) is 0 Å². The molecule has 2 aromatic rings. The van der Waals surface area contributed by atoms with E-state index >= 15 is 0 Å². The molecule has 0 aliphatic rings. The molecular formula is C10H15FN6. The summed E-state index contributed by atoms with van der Waals surface area (Å²) in [6.07, 6.45) is 1.65. The highest BCUT2D eigenvalue weighted by atomic mass is 19.1. The monoisotopic (exact) mass is 238 g/mol. The molecule has 2 N–H and O–H groups in total. The van der Waals surface area contributed by atoms with Crippen LogP contribution in [0.15, 0.2) is 12.3 Å². The zero-order valence-corrected chi connectivity index (χ0v) is 10.1. The summed E-state index contributed by atoms with van der Waals surface area (Å²) in [7, 11) is 1.78. The molecule has 7 heteroatoms.